The van der Waals surface area contributed by atoms with E-state index in [0.29, 0.717) is 11.4 Å². The van der Waals surface area contributed by atoms with Gasteiger partial charge in [0.25, 0.3) is 0 Å². The largest absolute Gasteiger partial charge is 0.299 e. The molecule has 0 aliphatic rings. The second-order valence-corrected chi connectivity index (χ2v) is 8.65. The number of halogens is 2. The fourth-order valence-electron chi connectivity index (χ4n) is 4.45. The summed E-state index contributed by atoms with van der Waals surface area (Å²) in [6.45, 7) is 6.23. The van der Waals surface area contributed by atoms with Gasteiger partial charge in [-0.05, 0) is 61.1 Å². The van der Waals surface area contributed by atoms with Gasteiger partial charge < -0.3 is 0 Å². The lowest BCUT2D eigenvalue weighted by atomic mass is 9.98. The Hall–Kier alpha value is -3.27. The van der Waals surface area contributed by atoms with Crippen molar-refractivity contribution in [3.05, 3.63) is 95.3 Å². The van der Waals surface area contributed by atoms with Gasteiger partial charge in [-0.15, -0.1) is 0 Å². The third-order valence-electron chi connectivity index (χ3n) is 6.21. The molecule has 4 rings (SSSR count). The van der Waals surface area contributed by atoms with E-state index < -0.39 is 11.6 Å². The summed E-state index contributed by atoms with van der Waals surface area (Å²) in [7, 11) is 0. The van der Waals surface area contributed by atoms with Gasteiger partial charge in [0.15, 0.2) is 0 Å². The second-order valence-electron chi connectivity index (χ2n) is 8.65. The fourth-order valence-corrected chi connectivity index (χ4v) is 4.45. The van der Waals surface area contributed by atoms with Crippen LogP contribution in [-0.2, 0) is 6.42 Å². The van der Waals surface area contributed by atoms with Crippen molar-refractivity contribution >= 4 is 0 Å². The summed E-state index contributed by atoms with van der Waals surface area (Å²) in [5, 5.41) is 0. The highest BCUT2D eigenvalue weighted by Gasteiger charge is 2.21. The molecule has 1 aromatic heterocycles. The molecule has 0 spiro atoms. The third kappa shape index (κ3) is 4.75. The van der Waals surface area contributed by atoms with E-state index in [0.717, 1.165) is 29.7 Å². The standard InChI is InChI=1S/C29H30F2N2/c1-4-5-6-7-11-22-12-14-23(15-13-22)26-25(30)17-16-24(27(26)31)29-32-18-19-33(29)28-20(2)9-8-10-21(28)3/h8-10,12-19H,4-7,11H2,1-3H3. The van der Waals surface area contributed by atoms with Crippen molar-refractivity contribution in [1.82, 2.24) is 9.55 Å². The van der Waals surface area contributed by atoms with Gasteiger partial charge in [-0.25, -0.2) is 13.8 Å². The zero-order valence-electron chi connectivity index (χ0n) is 19.5. The molecule has 0 aliphatic heterocycles. The number of imidazole rings is 1. The van der Waals surface area contributed by atoms with Crippen LogP contribution in [0.5, 0.6) is 0 Å². The topological polar surface area (TPSA) is 17.8 Å². The van der Waals surface area contributed by atoms with E-state index in [-0.39, 0.29) is 11.1 Å². The predicted octanol–water partition coefficient (Wildman–Crippen LogP) is 8.22. The van der Waals surface area contributed by atoms with Crippen molar-refractivity contribution in [2.45, 2.75) is 52.9 Å². The van der Waals surface area contributed by atoms with Gasteiger partial charge in [-0.3, -0.25) is 4.57 Å². The van der Waals surface area contributed by atoms with Crippen molar-refractivity contribution in [2.24, 2.45) is 0 Å². The van der Waals surface area contributed by atoms with Gasteiger partial charge in [0.1, 0.15) is 17.5 Å². The highest BCUT2D eigenvalue weighted by atomic mass is 19.1. The number of para-hydroxylation sites is 1. The minimum absolute atomic E-state index is 0.0129. The van der Waals surface area contributed by atoms with E-state index in [1.807, 2.05) is 67.1 Å². The monoisotopic (exact) mass is 444 g/mol. The summed E-state index contributed by atoms with van der Waals surface area (Å²) in [6, 6.07) is 16.4. The lowest BCUT2D eigenvalue weighted by Crippen LogP contribution is -2.03. The Morgan fingerprint density at radius 1 is 0.848 bits per heavy atom. The van der Waals surface area contributed by atoms with E-state index in [1.54, 1.807) is 6.20 Å². The first-order valence-electron chi connectivity index (χ1n) is 11.7. The van der Waals surface area contributed by atoms with E-state index in [9.17, 15) is 4.39 Å². The van der Waals surface area contributed by atoms with Crippen LogP contribution in [-0.4, -0.2) is 9.55 Å². The maximum Gasteiger partial charge on any atom is 0.147 e. The Morgan fingerprint density at radius 2 is 1.58 bits per heavy atom. The zero-order valence-corrected chi connectivity index (χ0v) is 19.5. The number of aromatic nitrogens is 2. The van der Waals surface area contributed by atoms with Crippen LogP contribution in [0.25, 0.3) is 28.2 Å². The molecule has 0 aliphatic carbocycles. The molecular formula is C29H30F2N2. The summed E-state index contributed by atoms with van der Waals surface area (Å²) in [4.78, 5) is 4.43. The Labute approximate surface area is 194 Å². The number of rotatable bonds is 8. The molecule has 0 saturated heterocycles. The number of nitrogens with zero attached hydrogens (tertiary/aromatic N) is 2. The molecule has 0 N–H and O–H groups in total. The maximum absolute atomic E-state index is 15.8. The van der Waals surface area contributed by atoms with Gasteiger partial charge in [0.05, 0.1) is 16.8 Å². The molecule has 170 valence electrons. The van der Waals surface area contributed by atoms with Crippen molar-refractivity contribution in [3.8, 4) is 28.2 Å². The summed E-state index contributed by atoms with van der Waals surface area (Å²) in [6.07, 6.45) is 9.23. The van der Waals surface area contributed by atoms with Crippen LogP contribution >= 0.6 is 0 Å². The van der Waals surface area contributed by atoms with E-state index in [2.05, 4.69) is 11.9 Å². The van der Waals surface area contributed by atoms with Crippen LogP contribution in [0.3, 0.4) is 0 Å². The number of hydrogen-bond acceptors (Lipinski definition) is 1. The molecule has 33 heavy (non-hydrogen) atoms. The molecule has 2 nitrogen and oxygen atoms in total. The number of benzene rings is 3. The van der Waals surface area contributed by atoms with Crippen molar-refractivity contribution in [2.75, 3.05) is 0 Å². The molecule has 0 atom stereocenters. The van der Waals surface area contributed by atoms with Gasteiger partial charge in [-0.2, -0.15) is 0 Å². The average molecular weight is 445 g/mol. The first kappa shape index (κ1) is 22.9. The first-order chi connectivity index (χ1) is 16.0. The van der Waals surface area contributed by atoms with Gasteiger partial charge in [0.2, 0.25) is 0 Å². The maximum atomic E-state index is 15.8. The Bertz CT molecular complexity index is 1220. The molecule has 0 unspecified atom stereocenters. The Kier molecular flexibility index (Phi) is 7.02. The summed E-state index contributed by atoms with van der Waals surface area (Å²) < 4.78 is 32.5. The van der Waals surface area contributed by atoms with Crippen molar-refractivity contribution in [1.29, 1.82) is 0 Å². The molecule has 1 heterocycles. The molecular weight excluding hydrogens is 414 g/mol. The molecule has 4 heteroatoms. The second kappa shape index (κ2) is 10.1. The van der Waals surface area contributed by atoms with Gasteiger partial charge in [-0.1, -0.05) is 68.7 Å². The highest BCUT2D eigenvalue weighted by Crippen LogP contribution is 2.34. The fraction of sp³-hybridized carbons (Fsp3) is 0.276. The van der Waals surface area contributed by atoms with E-state index >= 15 is 4.39 Å². The van der Waals surface area contributed by atoms with Crippen LogP contribution in [0, 0.1) is 25.5 Å². The molecule has 3 aromatic carbocycles. The van der Waals surface area contributed by atoms with Gasteiger partial charge in [0, 0.05) is 12.4 Å². The van der Waals surface area contributed by atoms with Crippen LogP contribution in [0.4, 0.5) is 8.78 Å². The quantitative estimate of drug-likeness (QED) is 0.250. The molecule has 0 amide bonds. The van der Waals surface area contributed by atoms with Crippen LogP contribution < -0.4 is 0 Å². The van der Waals surface area contributed by atoms with Crippen LogP contribution in [0.1, 0.15) is 49.3 Å². The summed E-state index contributed by atoms with van der Waals surface area (Å²) >= 11 is 0. The van der Waals surface area contributed by atoms with Crippen molar-refractivity contribution < 1.29 is 8.78 Å². The first-order valence-corrected chi connectivity index (χ1v) is 11.7. The lowest BCUT2D eigenvalue weighted by Gasteiger charge is -2.15. The highest BCUT2D eigenvalue weighted by molar-refractivity contribution is 5.73. The summed E-state index contributed by atoms with van der Waals surface area (Å²) in [5.74, 6) is -0.708. The smallest absolute Gasteiger partial charge is 0.147 e. The minimum Gasteiger partial charge on any atom is -0.299 e. The average Bonchev–Trinajstić information content (AvgIpc) is 3.27. The minimum atomic E-state index is -0.593. The lowest BCUT2D eigenvalue weighted by molar-refractivity contribution is 0.591. The van der Waals surface area contributed by atoms with E-state index in [1.165, 1.54) is 37.0 Å². The van der Waals surface area contributed by atoms with E-state index in [4.69, 9.17) is 0 Å². The van der Waals surface area contributed by atoms with Gasteiger partial charge >= 0.3 is 0 Å². The van der Waals surface area contributed by atoms with Crippen LogP contribution in [0.15, 0.2) is 67.0 Å². The molecule has 0 saturated carbocycles. The number of unbranched alkanes of at least 4 members (excludes halogenated alkanes) is 3. The summed E-state index contributed by atoms with van der Waals surface area (Å²) in [5.41, 5.74) is 5.08. The Morgan fingerprint density at radius 3 is 2.27 bits per heavy atom. The molecule has 0 bridgehead atoms. The number of aryl methyl sites for hydroxylation is 3. The zero-order chi connectivity index (χ0) is 23.4. The van der Waals surface area contributed by atoms with Crippen molar-refractivity contribution in [3.63, 3.8) is 0 Å². The Balaban J connectivity index is 1.71. The third-order valence-corrected chi connectivity index (χ3v) is 6.21. The SMILES string of the molecule is CCCCCCc1ccc(-c2c(F)ccc(-c3nccn3-c3c(C)cccc3C)c2F)cc1. The molecule has 4 aromatic rings. The van der Waals surface area contributed by atoms with Crippen LogP contribution in [0.2, 0.25) is 0 Å². The normalized spacial score (nSPS) is 11.2. The molecule has 0 radical (unpaired) electrons. The molecule has 0 fully saturated rings. The number of hydrogen-bond donors (Lipinski definition) is 0. The predicted molar refractivity (Wildman–Crippen MR) is 132 cm³/mol.